The van der Waals surface area contributed by atoms with Crippen LogP contribution in [0.2, 0.25) is 0 Å². The Bertz CT molecular complexity index is 666. The third-order valence-corrected chi connectivity index (χ3v) is 4.51. The van der Waals surface area contributed by atoms with Gasteiger partial charge in [0.05, 0.1) is 16.1 Å². The van der Waals surface area contributed by atoms with E-state index in [-0.39, 0.29) is 22.7 Å². The van der Waals surface area contributed by atoms with Gasteiger partial charge in [0.15, 0.2) is 0 Å². The van der Waals surface area contributed by atoms with Crippen LogP contribution in [0.4, 0.5) is 19.0 Å². The van der Waals surface area contributed by atoms with Gasteiger partial charge in [-0.15, -0.1) is 0 Å². The Balaban J connectivity index is 0.00000100. The number of aryl methyl sites for hydroxylation is 1. The lowest BCUT2D eigenvalue weighted by atomic mass is 10.1. The van der Waals surface area contributed by atoms with E-state index >= 15 is 0 Å². The second-order valence-corrected chi connectivity index (χ2v) is 6.28. The largest absolute Gasteiger partial charge is 0.446 e. The minimum Gasteiger partial charge on any atom is -0.381 e. The molecule has 4 nitrogen and oxygen atoms in total. The van der Waals surface area contributed by atoms with Crippen LogP contribution in [0.3, 0.4) is 0 Å². The molecule has 0 radical (unpaired) electrons. The van der Waals surface area contributed by atoms with Crippen LogP contribution in [0.25, 0.3) is 5.52 Å². The van der Waals surface area contributed by atoms with Gasteiger partial charge in [0.25, 0.3) is 0 Å². The standard InChI is InChI=1S/C14H16F3N3OS.C2H6/c1-9-13(22-14(15,16)17)11-3-2-4-12(20(11)19-9)18-10-5-7-21-8-6-10;1-2/h2-4,10,18H,5-8H2,1H3;1-2H3. The maximum atomic E-state index is 12.7. The summed E-state index contributed by atoms with van der Waals surface area (Å²) in [7, 11) is 0. The molecular formula is C16H22F3N3OS. The van der Waals surface area contributed by atoms with E-state index in [9.17, 15) is 13.2 Å². The number of hydrogen-bond acceptors (Lipinski definition) is 4. The first-order valence-electron chi connectivity index (χ1n) is 8.02. The SMILES string of the molecule is CC.Cc1nn2c(NC3CCOCC3)cccc2c1SC(F)(F)F. The number of ether oxygens (including phenoxy) is 1. The minimum atomic E-state index is -4.32. The van der Waals surface area contributed by atoms with E-state index in [1.807, 2.05) is 19.9 Å². The first-order chi connectivity index (χ1) is 11.4. The molecule has 0 unspecified atom stereocenters. The molecule has 1 fully saturated rings. The second kappa shape index (κ2) is 8.11. The van der Waals surface area contributed by atoms with Gasteiger partial charge in [-0.25, -0.2) is 4.52 Å². The fourth-order valence-electron chi connectivity index (χ4n) is 2.56. The molecule has 0 bridgehead atoms. The normalized spacial score (nSPS) is 15.9. The Kier molecular flexibility index (Phi) is 6.40. The number of thioether (sulfide) groups is 1. The van der Waals surface area contributed by atoms with Gasteiger partial charge in [-0.1, -0.05) is 19.9 Å². The summed E-state index contributed by atoms with van der Waals surface area (Å²) in [5.41, 5.74) is -3.47. The molecule has 2 aromatic rings. The maximum absolute atomic E-state index is 12.7. The van der Waals surface area contributed by atoms with E-state index in [0.717, 1.165) is 12.8 Å². The highest BCUT2D eigenvalue weighted by Crippen LogP contribution is 2.41. The third kappa shape index (κ3) is 4.57. The zero-order valence-electron chi connectivity index (χ0n) is 14.0. The lowest BCUT2D eigenvalue weighted by Gasteiger charge is -2.24. The van der Waals surface area contributed by atoms with Gasteiger partial charge < -0.3 is 10.1 Å². The molecule has 0 saturated carbocycles. The topological polar surface area (TPSA) is 38.6 Å². The van der Waals surface area contributed by atoms with Crippen molar-refractivity contribution >= 4 is 23.1 Å². The fraction of sp³-hybridized carbons (Fsp3) is 0.562. The summed E-state index contributed by atoms with van der Waals surface area (Å²) in [4.78, 5) is 0.156. The third-order valence-electron chi connectivity index (χ3n) is 3.57. The first-order valence-corrected chi connectivity index (χ1v) is 8.84. The number of pyridine rings is 1. The molecule has 0 atom stereocenters. The summed E-state index contributed by atoms with van der Waals surface area (Å²) >= 11 is -0.113. The number of rotatable bonds is 3. The molecule has 3 rings (SSSR count). The van der Waals surface area contributed by atoms with Crippen molar-refractivity contribution in [2.24, 2.45) is 0 Å². The Labute approximate surface area is 143 Å². The number of anilines is 1. The molecule has 1 aliphatic heterocycles. The summed E-state index contributed by atoms with van der Waals surface area (Å²) in [6, 6.07) is 5.49. The van der Waals surface area contributed by atoms with E-state index in [1.54, 1.807) is 23.6 Å². The molecule has 3 heterocycles. The van der Waals surface area contributed by atoms with Gasteiger partial charge in [0.2, 0.25) is 0 Å². The molecule has 1 saturated heterocycles. The smallest absolute Gasteiger partial charge is 0.381 e. The van der Waals surface area contributed by atoms with E-state index in [0.29, 0.717) is 30.2 Å². The molecule has 1 N–H and O–H groups in total. The molecule has 134 valence electrons. The Hall–Kier alpha value is -1.41. The molecule has 0 spiro atoms. The average molecular weight is 361 g/mol. The van der Waals surface area contributed by atoms with E-state index < -0.39 is 5.51 Å². The Morgan fingerprint density at radius 2 is 1.92 bits per heavy atom. The molecule has 8 heteroatoms. The van der Waals surface area contributed by atoms with Crippen molar-refractivity contribution < 1.29 is 17.9 Å². The second-order valence-electron chi connectivity index (χ2n) is 5.20. The van der Waals surface area contributed by atoms with Crippen molar-refractivity contribution in [2.75, 3.05) is 18.5 Å². The zero-order valence-corrected chi connectivity index (χ0v) is 14.8. The molecule has 24 heavy (non-hydrogen) atoms. The van der Waals surface area contributed by atoms with E-state index in [1.165, 1.54) is 0 Å². The number of hydrogen-bond donors (Lipinski definition) is 1. The molecule has 0 aliphatic carbocycles. The monoisotopic (exact) mass is 361 g/mol. The highest BCUT2D eigenvalue weighted by atomic mass is 32.2. The highest BCUT2D eigenvalue weighted by Gasteiger charge is 2.32. The number of nitrogens with zero attached hydrogens (tertiary/aromatic N) is 2. The lowest BCUT2D eigenvalue weighted by molar-refractivity contribution is -0.0328. The number of aromatic nitrogens is 2. The van der Waals surface area contributed by atoms with Gasteiger partial charge in [-0.2, -0.15) is 18.3 Å². The predicted molar refractivity (Wildman–Crippen MR) is 90.7 cm³/mol. The van der Waals surface area contributed by atoms with Crippen molar-refractivity contribution in [3.05, 3.63) is 23.9 Å². The zero-order chi connectivity index (χ0) is 17.7. The van der Waals surface area contributed by atoms with Crippen LogP contribution < -0.4 is 5.32 Å². The van der Waals surface area contributed by atoms with Gasteiger partial charge in [-0.05, 0) is 43.7 Å². The van der Waals surface area contributed by atoms with Crippen molar-refractivity contribution in [3.8, 4) is 0 Å². The fourth-order valence-corrected chi connectivity index (χ4v) is 3.24. The van der Waals surface area contributed by atoms with Crippen LogP contribution in [-0.2, 0) is 4.74 Å². The van der Waals surface area contributed by atoms with Crippen LogP contribution in [0.1, 0.15) is 32.4 Å². The molecule has 0 amide bonds. The maximum Gasteiger partial charge on any atom is 0.446 e. The van der Waals surface area contributed by atoms with Gasteiger partial charge >= 0.3 is 5.51 Å². The van der Waals surface area contributed by atoms with Crippen LogP contribution in [0.5, 0.6) is 0 Å². The van der Waals surface area contributed by atoms with E-state index in [4.69, 9.17) is 4.74 Å². The van der Waals surface area contributed by atoms with Crippen molar-refractivity contribution in [3.63, 3.8) is 0 Å². The van der Waals surface area contributed by atoms with Crippen molar-refractivity contribution in [1.29, 1.82) is 0 Å². The van der Waals surface area contributed by atoms with Crippen LogP contribution in [-0.4, -0.2) is 34.4 Å². The van der Waals surface area contributed by atoms with Crippen molar-refractivity contribution in [1.82, 2.24) is 9.61 Å². The Morgan fingerprint density at radius 1 is 1.25 bits per heavy atom. The molecule has 2 aromatic heterocycles. The number of fused-ring (bicyclic) bond motifs is 1. The summed E-state index contributed by atoms with van der Waals surface area (Å²) in [5, 5.41) is 7.62. The van der Waals surface area contributed by atoms with Crippen LogP contribution >= 0.6 is 11.8 Å². The molecule has 1 aliphatic rings. The number of alkyl halides is 3. The first kappa shape index (κ1) is 18.9. The average Bonchev–Trinajstić information content (AvgIpc) is 2.86. The summed E-state index contributed by atoms with van der Waals surface area (Å²) in [6.07, 6.45) is 1.75. The van der Waals surface area contributed by atoms with Crippen LogP contribution in [0, 0.1) is 6.92 Å². The van der Waals surface area contributed by atoms with Crippen molar-refractivity contribution in [2.45, 2.75) is 50.1 Å². The summed E-state index contributed by atoms with van der Waals surface area (Å²) in [5.74, 6) is 0.710. The Morgan fingerprint density at radius 3 is 2.54 bits per heavy atom. The number of halogens is 3. The van der Waals surface area contributed by atoms with Crippen LogP contribution in [0.15, 0.2) is 23.1 Å². The molecule has 0 aromatic carbocycles. The number of nitrogens with one attached hydrogen (secondary N) is 1. The van der Waals surface area contributed by atoms with Gasteiger partial charge in [0.1, 0.15) is 5.82 Å². The van der Waals surface area contributed by atoms with Gasteiger partial charge in [0, 0.05) is 19.3 Å². The quantitative estimate of drug-likeness (QED) is 0.792. The van der Waals surface area contributed by atoms with E-state index in [2.05, 4.69) is 10.4 Å². The summed E-state index contributed by atoms with van der Waals surface area (Å²) < 4.78 is 45.0. The molecular weight excluding hydrogens is 339 g/mol. The minimum absolute atomic E-state index is 0.113. The predicted octanol–water partition coefficient (Wildman–Crippen LogP) is 4.87. The lowest BCUT2D eigenvalue weighted by Crippen LogP contribution is -2.28. The highest BCUT2D eigenvalue weighted by molar-refractivity contribution is 8.00. The van der Waals surface area contributed by atoms with Gasteiger partial charge in [-0.3, -0.25) is 0 Å². The summed E-state index contributed by atoms with van der Waals surface area (Å²) in [6.45, 7) is 6.99.